The van der Waals surface area contributed by atoms with Crippen molar-refractivity contribution in [2.45, 2.75) is 31.9 Å². The Morgan fingerprint density at radius 1 is 1.38 bits per heavy atom. The Balaban J connectivity index is 1.69. The van der Waals surface area contributed by atoms with Gasteiger partial charge in [0.1, 0.15) is 6.10 Å². The quantitative estimate of drug-likeness (QED) is 0.915. The minimum atomic E-state index is 0.250. The van der Waals surface area contributed by atoms with Crippen LogP contribution >= 0.6 is 0 Å². The molecule has 1 N–H and O–H groups in total. The molecule has 2 heterocycles. The number of hydrogen-bond donors (Lipinski definition) is 1. The van der Waals surface area contributed by atoms with Crippen LogP contribution in [0, 0.1) is 0 Å². The fourth-order valence-electron chi connectivity index (χ4n) is 2.63. The second-order valence-corrected chi connectivity index (χ2v) is 5.35. The zero-order chi connectivity index (χ0) is 14.5. The predicted molar refractivity (Wildman–Crippen MR) is 83.2 cm³/mol. The van der Waals surface area contributed by atoms with Crippen molar-refractivity contribution in [2.75, 3.05) is 6.54 Å². The third-order valence-corrected chi connectivity index (χ3v) is 3.83. The molecule has 0 saturated carbocycles. The molecule has 0 saturated heterocycles. The van der Waals surface area contributed by atoms with E-state index in [4.69, 9.17) is 4.74 Å². The van der Waals surface area contributed by atoms with Gasteiger partial charge in [-0.25, -0.2) is 4.68 Å². The average molecular weight is 283 g/mol. The van der Waals surface area contributed by atoms with Gasteiger partial charge in [-0.2, -0.15) is 5.10 Å². The fraction of sp³-hybridized carbons (Fsp3) is 0.353. The standard InChI is InChI=1S/C17H21N3O/c1-14(18-13-15-7-4-5-12-21-15)16-8-2-3-9-17(16)20-11-6-10-19-20/h2-3,5-6,8-12,14-15,18H,4,7,13H2,1H3. The summed E-state index contributed by atoms with van der Waals surface area (Å²) >= 11 is 0. The smallest absolute Gasteiger partial charge is 0.110 e. The largest absolute Gasteiger partial charge is 0.497 e. The van der Waals surface area contributed by atoms with E-state index < -0.39 is 0 Å². The summed E-state index contributed by atoms with van der Waals surface area (Å²) in [6.07, 6.45) is 10.1. The monoisotopic (exact) mass is 283 g/mol. The maximum absolute atomic E-state index is 5.61. The topological polar surface area (TPSA) is 39.1 Å². The number of nitrogens with zero attached hydrogens (tertiary/aromatic N) is 2. The van der Waals surface area contributed by atoms with E-state index in [0.717, 1.165) is 25.1 Å². The maximum atomic E-state index is 5.61. The Labute approximate surface area is 125 Å². The van der Waals surface area contributed by atoms with Gasteiger partial charge in [-0.15, -0.1) is 0 Å². The van der Waals surface area contributed by atoms with Crippen LogP contribution in [0.5, 0.6) is 0 Å². The van der Waals surface area contributed by atoms with E-state index in [1.54, 1.807) is 6.20 Å². The molecule has 4 heteroatoms. The second-order valence-electron chi connectivity index (χ2n) is 5.35. The first kappa shape index (κ1) is 13.9. The van der Waals surface area contributed by atoms with Crippen LogP contribution in [0.25, 0.3) is 5.69 Å². The Morgan fingerprint density at radius 3 is 3.05 bits per heavy atom. The molecule has 21 heavy (non-hydrogen) atoms. The lowest BCUT2D eigenvalue weighted by atomic mass is 10.1. The average Bonchev–Trinajstić information content (AvgIpc) is 3.08. The van der Waals surface area contributed by atoms with Crippen LogP contribution in [0.2, 0.25) is 0 Å². The highest BCUT2D eigenvalue weighted by Crippen LogP contribution is 2.21. The van der Waals surface area contributed by atoms with Gasteiger partial charge >= 0.3 is 0 Å². The molecular formula is C17H21N3O. The van der Waals surface area contributed by atoms with E-state index in [-0.39, 0.29) is 12.1 Å². The molecule has 2 unspecified atom stereocenters. The first-order chi connectivity index (χ1) is 10.3. The lowest BCUT2D eigenvalue weighted by Gasteiger charge is -2.23. The predicted octanol–water partition coefficient (Wildman–Crippen LogP) is 3.22. The van der Waals surface area contributed by atoms with Crippen molar-refractivity contribution in [3.05, 3.63) is 60.6 Å². The van der Waals surface area contributed by atoms with Crippen molar-refractivity contribution in [2.24, 2.45) is 0 Å². The zero-order valence-corrected chi connectivity index (χ0v) is 12.3. The summed E-state index contributed by atoms with van der Waals surface area (Å²) in [5.41, 5.74) is 2.36. The van der Waals surface area contributed by atoms with Crippen molar-refractivity contribution in [1.82, 2.24) is 15.1 Å². The highest BCUT2D eigenvalue weighted by Gasteiger charge is 2.15. The molecule has 1 aromatic carbocycles. The van der Waals surface area contributed by atoms with Gasteiger partial charge in [-0.05, 0) is 43.5 Å². The first-order valence-corrected chi connectivity index (χ1v) is 7.47. The summed E-state index contributed by atoms with van der Waals surface area (Å²) < 4.78 is 7.52. The van der Waals surface area contributed by atoms with Gasteiger partial charge in [0.2, 0.25) is 0 Å². The minimum Gasteiger partial charge on any atom is -0.497 e. The van der Waals surface area contributed by atoms with Crippen LogP contribution in [-0.2, 0) is 4.74 Å². The number of ether oxygens (including phenoxy) is 1. The molecule has 110 valence electrons. The molecule has 0 aliphatic carbocycles. The number of nitrogens with one attached hydrogen (secondary N) is 1. The lowest BCUT2D eigenvalue weighted by Crippen LogP contribution is -2.31. The molecule has 4 nitrogen and oxygen atoms in total. The summed E-state index contributed by atoms with van der Waals surface area (Å²) in [6, 6.07) is 10.6. The number of para-hydroxylation sites is 1. The van der Waals surface area contributed by atoms with Gasteiger partial charge < -0.3 is 10.1 Å². The molecule has 3 rings (SSSR count). The molecular weight excluding hydrogens is 262 g/mol. The Morgan fingerprint density at radius 2 is 2.29 bits per heavy atom. The summed E-state index contributed by atoms with van der Waals surface area (Å²) in [6.45, 7) is 3.04. The van der Waals surface area contributed by atoms with Crippen molar-refractivity contribution in [1.29, 1.82) is 0 Å². The summed E-state index contributed by atoms with van der Waals surface area (Å²) in [4.78, 5) is 0. The first-order valence-electron chi connectivity index (χ1n) is 7.47. The Kier molecular flexibility index (Phi) is 4.36. The van der Waals surface area contributed by atoms with E-state index in [0.29, 0.717) is 0 Å². The molecule has 0 fully saturated rings. The van der Waals surface area contributed by atoms with Gasteiger partial charge in [0.15, 0.2) is 0 Å². The number of aromatic nitrogens is 2. The zero-order valence-electron chi connectivity index (χ0n) is 12.3. The highest BCUT2D eigenvalue weighted by atomic mass is 16.5. The Hall–Kier alpha value is -2.07. The summed E-state index contributed by atoms with van der Waals surface area (Å²) in [5, 5.41) is 7.91. The van der Waals surface area contributed by atoms with E-state index >= 15 is 0 Å². The number of rotatable bonds is 5. The van der Waals surface area contributed by atoms with Crippen molar-refractivity contribution in [3.8, 4) is 5.69 Å². The van der Waals surface area contributed by atoms with Gasteiger partial charge in [-0.3, -0.25) is 0 Å². The van der Waals surface area contributed by atoms with E-state index in [1.165, 1.54) is 5.56 Å². The van der Waals surface area contributed by atoms with Crippen LogP contribution in [0.4, 0.5) is 0 Å². The number of hydrogen-bond acceptors (Lipinski definition) is 3. The maximum Gasteiger partial charge on any atom is 0.110 e. The molecule has 0 spiro atoms. The van der Waals surface area contributed by atoms with E-state index in [9.17, 15) is 0 Å². The van der Waals surface area contributed by atoms with Crippen molar-refractivity contribution in [3.63, 3.8) is 0 Å². The van der Waals surface area contributed by atoms with E-state index in [1.807, 2.05) is 29.3 Å². The molecule has 0 bridgehead atoms. The SMILES string of the molecule is CC(NCC1CCC=CO1)c1ccccc1-n1cccn1. The third kappa shape index (κ3) is 3.34. The number of benzene rings is 1. The van der Waals surface area contributed by atoms with E-state index in [2.05, 4.69) is 41.6 Å². The normalized spacial score (nSPS) is 19.2. The highest BCUT2D eigenvalue weighted by molar-refractivity contribution is 5.42. The lowest BCUT2D eigenvalue weighted by molar-refractivity contribution is 0.120. The van der Waals surface area contributed by atoms with Crippen molar-refractivity contribution < 1.29 is 4.74 Å². The number of allylic oxidation sites excluding steroid dienone is 1. The molecule has 1 aliphatic rings. The van der Waals surface area contributed by atoms with Gasteiger partial charge in [-0.1, -0.05) is 18.2 Å². The summed E-state index contributed by atoms with van der Waals surface area (Å²) in [5.74, 6) is 0. The molecule has 2 atom stereocenters. The molecule has 1 aliphatic heterocycles. The summed E-state index contributed by atoms with van der Waals surface area (Å²) in [7, 11) is 0. The van der Waals surface area contributed by atoms with Crippen molar-refractivity contribution >= 4 is 0 Å². The second kappa shape index (κ2) is 6.59. The van der Waals surface area contributed by atoms with Gasteiger partial charge in [0.05, 0.1) is 11.9 Å². The van der Waals surface area contributed by atoms with Crippen LogP contribution in [0.3, 0.4) is 0 Å². The van der Waals surface area contributed by atoms with Crippen LogP contribution in [-0.4, -0.2) is 22.4 Å². The van der Waals surface area contributed by atoms with Crippen LogP contribution in [0.15, 0.2) is 55.1 Å². The molecule has 1 aromatic heterocycles. The fourth-order valence-corrected chi connectivity index (χ4v) is 2.63. The van der Waals surface area contributed by atoms with Crippen LogP contribution in [0.1, 0.15) is 31.4 Å². The molecule has 0 radical (unpaired) electrons. The van der Waals surface area contributed by atoms with Crippen LogP contribution < -0.4 is 5.32 Å². The molecule has 2 aromatic rings. The third-order valence-electron chi connectivity index (χ3n) is 3.83. The molecule has 0 amide bonds. The van der Waals surface area contributed by atoms with Gasteiger partial charge in [0, 0.05) is 25.0 Å². The minimum absolute atomic E-state index is 0.250. The Bertz CT molecular complexity index is 592. The van der Waals surface area contributed by atoms with Gasteiger partial charge in [0.25, 0.3) is 0 Å².